The number of esters is 1. The normalized spacial score (nSPS) is 12.8. The van der Waals surface area contributed by atoms with Gasteiger partial charge in [0.2, 0.25) is 5.83 Å². The zero-order chi connectivity index (χ0) is 10.5. The van der Waals surface area contributed by atoms with Gasteiger partial charge in [0, 0.05) is 0 Å². The molecule has 0 saturated carbocycles. The van der Waals surface area contributed by atoms with E-state index in [9.17, 15) is 26.7 Å². The van der Waals surface area contributed by atoms with Crippen LogP contribution in [0.25, 0.3) is 0 Å². The van der Waals surface area contributed by atoms with Crippen molar-refractivity contribution in [3.8, 4) is 0 Å². The highest BCUT2D eigenvalue weighted by Crippen LogP contribution is 2.25. The minimum absolute atomic E-state index is 0.00750. The molecule has 0 heterocycles. The van der Waals surface area contributed by atoms with Gasteiger partial charge in [0.15, 0.2) is 6.67 Å². The molecule has 0 aromatic heterocycles. The first-order chi connectivity index (χ1) is 5.88. The molecule has 0 aliphatic heterocycles. The van der Waals surface area contributed by atoms with E-state index in [2.05, 4.69) is 4.74 Å². The number of ether oxygens (including phenoxy) is 1. The molecule has 0 amide bonds. The van der Waals surface area contributed by atoms with Crippen molar-refractivity contribution in [1.82, 2.24) is 0 Å². The Morgan fingerprint density at radius 2 is 1.92 bits per heavy atom. The zero-order valence-corrected chi connectivity index (χ0v) is 6.20. The minimum Gasteiger partial charge on any atom is -0.459 e. The molecule has 76 valence electrons. The van der Waals surface area contributed by atoms with Crippen molar-refractivity contribution < 1.29 is 31.5 Å². The number of carbonyl (C=O) groups excluding carboxylic acids is 1. The molecule has 0 unspecified atom stereocenters. The second-order valence-electron chi connectivity index (χ2n) is 1.87. The highest BCUT2D eigenvalue weighted by Gasteiger charge is 2.34. The van der Waals surface area contributed by atoms with Crippen LogP contribution in [0.1, 0.15) is 0 Å². The van der Waals surface area contributed by atoms with Crippen molar-refractivity contribution in [2.45, 2.75) is 6.18 Å². The van der Waals surface area contributed by atoms with Gasteiger partial charge in [-0.25, -0.2) is 13.6 Å². The Hall–Kier alpha value is -1.14. The van der Waals surface area contributed by atoms with Gasteiger partial charge in [-0.15, -0.1) is 0 Å². The van der Waals surface area contributed by atoms with Crippen LogP contribution in [0.3, 0.4) is 0 Å². The molecule has 0 N–H and O–H groups in total. The largest absolute Gasteiger partial charge is 0.459 e. The van der Waals surface area contributed by atoms with E-state index in [1.54, 1.807) is 0 Å². The first-order valence-corrected chi connectivity index (χ1v) is 3.02. The van der Waals surface area contributed by atoms with Gasteiger partial charge in [0.25, 0.3) is 0 Å². The molecule has 0 radical (unpaired) electrons. The number of halogens is 5. The molecule has 0 fully saturated rings. The Kier molecular flexibility index (Phi) is 4.36. The smallest absolute Gasteiger partial charge is 0.442 e. The summed E-state index contributed by atoms with van der Waals surface area (Å²) in [4.78, 5) is 10.0. The fraction of sp³-hybridized carbons (Fsp3) is 0.500. The van der Waals surface area contributed by atoms with Crippen LogP contribution in [0.15, 0.2) is 11.9 Å². The Balaban J connectivity index is 3.92. The molecule has 0 aromatic carbocycles. The summed E-state index contributed by atoms with van der Waals surface area (Å²) in [6.45, 7) is -2.39. The molecule has 0 spiro atoms. The molecule has 0 aromatic rings. The molecule has 7 heteroatoms. The van der Waals surface area contributed by atoms with Crippen LogP contribution in [-0.2, 0) is 9.53 Å². The topological polar surface area (TPSA) is 26.3 Å². The van der Waals surface area contributed by atoms with Crippen LogP contribution in [0, 0.1) is 0 Å². The monoisotopic (exact) mass is 204 g/mol. The fourth-order valence-electron chi connectivity index (χ4n) is 0.362. The Morgan fingerprint density at radius 1 is 1.38 bits per heavy atom. The first kappa shape index (κ1) is 11.9. The Morgan fingerprint density at radius 3 is 2.31 bits per heavy atom. The van der Waals surface area contributed by atoms with Crippen LogP contribution in [0.5, 0.6) is 0 Å². The van der Waals surface area contributed by atoms with Gasteiger partial charge < -0.3 is 4.74 Å². The number of carbonyl (C=O) groups is 1. The summed E-state index contributed by atoms with van der Waals surface area (Å²) < 4.78 is 61.3. The molecular weight excluding hydrogens is 199 g/mol. The van der Waals surface area contributed by atoms with E-state index in [4.69, 9.17) is 0 Å². The lowest BCUT2D eigenvalue weighted by atomic mass is 10.5. The first-order valence-electron chi connectivity index (χ1n) is 3.02. The second kappa shape index (κ2) is 4.78. The predicted octanol–water partition coefficient (Wildman–Crippen LogP) is 1.91. The van der Waals surface area contributed by atoms with Crippen molar-refractivity contribution in [2.24, 2.45) is 0 Å². The van der Waals surface area contributed by atoms with Crippen molar-refractivity contribution in [2.75, 3.05) is 13.3 Å². The van der Waals surface area contributed by atoms with Gasteiger partial charge >= 0.3 is 12.1 Å². The maximum atomic E-state index is 11.9. The molecule has 13 heavy (non-hydrogen) atoms. The summed E-state index contributed by atoms with van der Waals surface area (Å²) in [7, 11) is 0. The van der Waals surface area contributed by atoms with Crippen molar-refractivity contribution >= 4 is 5.97 Å². The van der Waals surface area contributed by atoms with Gasteiger partial charge in [-0.3, -0.25) is 0 Å². The number of allylic oxidation sites excluding steroid dienone is 1. The van der Waals surface area contributed by atoms with Gasteiger partial charge in [0.05, 0.1) is 0 Å². The van der Waals surface area contributed by atoms with E-state index < -0.39 is 31.3 Å². The standard InChI is InChI=1S/C6H5F5O2/c7-3-5(12)13-2-1-4(8)6(9,10)11/h1H,2-3H2/b4-1-. The van der Waals surface area contributed by atoms with Crippen LogP contribution >= 0.6 is 0 Å². The third kappa shape index (κ3) is 5.15. The van der Waals surface area contributed by atoms with Crippen LogP contribution < -0.4 is 0 Å². The summed E-state index contributed by atoms with van der Waals surface area (Å²) in [6, 6.07) is 0. The number of hydrogen-bond acceptors (Lipinski definition) is 2. The molecule has 0 aliphatic rings. The van der Waals surface area contributed by atoms with E-state index in [1.807, 2.05) is 0 Å². The minimum atomic E-state index is -5.10. The van der Waals surface area contributed by atoms with Gasteiger partial charge in [-0.05, 0) is 6.08 Å². The van der Waals surface area contributed by atoms with Crippen molar-refractivity contribution in [3.63, 3.8) is 0 Å². The maximum absolute atomic E-state index is 11.9. The fourth-order valence-corrected chi connectivity index (χ4v) is 0.362. The highest BCUT2D eigenvalue weighted by atomic mass is 19.4. The molecule has 0 aliphatic carbocycles. The molecule has 0 rings (SSSR count). The SMILES string of the molecule is O=C(CF)OC/C=C(\F)C(F)(F)F. The number of hydrogen-bond donors (Lipinski definition) is 0. The summed E-state index contributed by atoms with van der Waals surface area (Å²) >= 11 is 0. The number of rotatable bonds is 3. The lowest BCUT2D eigenvalue weighted by molar-refractivity contribution is -0.143. The average molecular weight is 204 g/mol. The van der Waals surface area contributed by atoms with E-state index in [0.717, 1.165) is 0 Å². The maximum Gasteiger partial charge on any atom is 0.442 e. The highest BCUT2D eigenvalue weighted by molar-refractivity contribution is 5.70. The molecular formula is C6H5F5O2. The van der Waals surface area contributed by atoms with E-state index >= 15 is 0 Å². The van der Waals surface area contributed by atoms with Crippen molar-refractivity contribution in [3.05, 3.63) is 11.9 Å². The lowest BCUT2D eigenvalue weighted by Crippen LogP contribution is -2.11. The third-order valence-electron chi connectivity index (χ3n) is 0.887. The van der Waals surface area contributed by atoms with E-state index in [1.165, 1.54) is 0 Å². The molecule has 0 saturated heterocycles. The average Bonchev–Trinajstić information content (AvgIpc) is 2.02. The summed E-state index contributed by atoms with van der Waals surface area (Å²) in [6.07, 6.45) is -5.09. The predicted molar refractivity (Wildman–Crippen MR) is 32.2 cm³/mol. The Bertz CT molecular complexity index is 208. The number of alkyl halides is 4. The summed E-state index contributed by atoms with van der Waals surface area (Å²) in [5.74, 6) is -3.72. The van der Waals surface area contributed by atoms with Gasteiger partial charge in [-0.1, -0.05) is 0 Å². The molecule has 2 nitrogen and oxygen atoms in total. The van der Waals surface area contributed by atoms with Crippen LogP contribution in [-0.4, -0.2) is 25.4 Å². The lowest BCUT2D eigenvalue weighted by Gasteiger charge is -2.02. The summed E-state index contributed by atoms with van der Waals surface area (Å²) in [5.41, 5.74) is 0. The van der Waals surface area contributed by atoms with Crippen molar-refractivity contribution in [1.29, 1.82) is 0 Å². The zero-order valence-electron chi connectivity index (χ0n) is 6.20. The molecule has 0 atom stereocenters. The third-order valence-corrected chi connectivity index (χ3v) is 0.887. The second-order valence-corrected chi connectivity index (χ2v) is 1.87. The van der Waals surface area contributed by atoms with Crippen LogP contribution in [0.4, 0.5) is 22.0 Å². The van der Waals surface area contributed by atoms with E-state index in [-0.39, 0.29) is 6.08 Å². The quantitative estimate of drug-likeness (QED) is 0.518. The Labute approximate surface area is 70.0 Å². The van der Waals surface area contributed by atoms with Gasteiger partial charge in [0.1, 0.15) is 6.61 Å². The molecule has 0 bridgehead atoms. The van der Waals surface area contributed by atoms with E-state index in [0.29, 0.717) is 0 Å². The van der Waals surface area contributed by atoms with Crippen LogP contribution in [0.2, 0.25) is 0 Å². The van der Waals surface area contributed by atoms with Gasteiger partial charge in [-0.2, -0.15) is 13.2 Å². The summed E-state index contributed by atoms with van der Waals surface area (Å²) in [5, 5.41) is 0.